The van der Waals surface area contributed by atoms with E-state index >= 15 is 0 Å². The Morgan fingerprint density at radius 1 is 1.00 bits per heavy atom. The molecular weight excluding hydrogens is 180 g/mol. The molecule has 0 aliphatic carbocycles. The zero-order chi connectivity index (χ0) is 9.97. The highest BCUT2D eigenvalue weighted by molar-refractivity contribution is 5.52. The first-order chi connectivity index (χ1) is 6.75. The Labute approximate surface area is 79.3 Å². The van der Waals surface area contributed by atoms with Gasteiger partial charge in [0.25, 0.3) is 0 Å². The highest BCUT2D eigenvalue weighted by Crippen LogP contribution is 2.07. The summed E-state index contributed by atoms with van der Waals surface area (Å²) in [4.78, 5) is 27.5. The largest absolute Gasteiger partial charge is 0.360 e. The second-order valence-corrected chi connectivity index (χ2v) is 2.87. The highest BCUT2D eigenvalue weighted by Gasteiger charge is 1.97. The third-order valence-electron chi connectivity index (χ3n) is 1.83. The Balaban J connectivity index is 2.60. The Bertz CT molecular complexity index is 503. The lowest BCUT2D eigenvalue weighted by molar-refractivity contribution is 1.19. The van der Waals surface area contributed by atoms with Crippen LogP contribution in [0.15, 0.2) is 46.1 Å². The average Bonchev–Trinajstić information content (AvgIpc) is 2.18. The predicted molar refractivity (Wildman–Crippen MR) is 53.1 cm³/mol. The molecule has 0 atom stereocenters. The molecule has 4 heteroatoms. The average molecular weight is 188 g/mol. The fourth-order valence-electron chi connectivity index (χ4n) is 1.21. The normalized spacial score (nSPS) is 10.0. The van der Waals surface area contributed by atoms with Crippen molar-refractivity contribution in [1.29, 1.82) is 0 Å². The molecule has 0 aromatic carbocycles. The molecule has 0 radical (unpaired) electrons. The molecule has 2 aromatic heterocycles. The van der Waals surface area contributed by atoms with Crippen molar-refractivity contribution in [3.8, 4) is 11.4 Å². The van der Waals surface area contributed by atoms with Gasteiger partial charge in [0.15, 0.2) is 5.43 Å². The lowest BCUT2D eigenvalue weighted by Crippen LogP contribution is -2.06. The number of hydrogen-bond donors (Lipinski definition) is 2. The van der Waals surface area contributed by atoms with Crippen molar-refractivity contribution in [3.05, 3.63) is 57.1 Å². The van der Waals surface area contributed by atoms with Crippen LogP contribution in [0.2, 0.25) is 0 Å². The summed E-state index contributed by atoms with van der Waals surface area (Å²) in [6.07, 6.45) is 1.54. The summed E-state index contributed by atoms with van der Waals surface area (Å²) in [5.41, 5.74) is 0.932. The van der Waals surface area contributed by atoms with Crippen LogP contribution >= 0.6 is 0 Å². The minimum absolute atomic E-state index is 0.0940. The second kappa shape index (κ2) is 3.33. The van der Waals surface area contributed by atoms with Gasteiger partial charge >= 0.3 is 0 Å². The maximum absolute atomic E-state index is 11.0. The predicted octanol–water partition coefficient (Wildman–Crippen LogP) is 0.730. The van der Waals surface area contributed by atoms with Crippen LogP contribution in [-0.4, -0.2) is 9.97 Å². The van der Waals surface area contributed by atoms with Crippen molar-refractivity contribution in [2.24, 2.45) is 0 Å². The van der Waals surface area contributed by atoms with Gasteiger partial charge in [-0.15, -0.1) is 0 Å². The van der Waals surface area contributed by atoms with Crippen LogP contribution < -0.4 is 11.0 Å². The molecule has 2 aromatic rings. The number of aromatic amines is 2. The molecule has 2 rings (SSSR count). The molecule has 0 bridgehead atoms. The molecule has 0 fully saturated rings. The molecule has 0 spiro atoms. The Kier molecular flexibility index (Phi) is 2.02. The summed E-state index contributed by atoms with van der Waals surface area (Å²) in [7, 11) is 0. The van der Waals surface area contributed by atoms with E-state index in [4.69, 9.17) is 0 Å². The van der Waals surface area contributed by atoms with E-state index < -0.39 is 0 Å². The molecular formula is C10H8N2O2. The molecule has 0 saturated carbocycles. The number of hydrogen-bond acceptors (Lipinski definition) is 2. The van der Waals surface area contributed by atoms with Crippen LogP contribution in [0.3, 0.4) is 0 Å². The second-order valence-electron chi connectivity index (χ2n) is 2.87. The summed E-state index contributed by atoms with van der Waals surface area (Å²) < 4.78 is 0. The molecule has 0 aliphatic rings. The third kappa shape index (κ3) is 1.64. The maximum atomic E-state index is 11.0. The summed E-state index contributed by atoms with van der Waals surface area (Å²) in [5.74, 6) is 0. The zero-order valence-electron chi connectivity index (χ0n) is 7.28. The van der Waals surface area contributed by atoms with Crippen LogP contribution in [0, 0.1) is 0 Å². The standard InChI is InChI=1S/C10H8N2O2/c13-7-4-5-11-9(6-7)8-2-1-3-10(14)12-8/h1-6H,(H,11,13)(H,12,14). The quantitative estimate of drug-likeness (QED) is 0.692. The summed E-state index contributed by atoms with van der Waals surface area (Å²) in [5, 5.41) is 0. The lowest BCUT2D eigenvalue weighted by atomic mass is 10.2. The van der Waals surface area contributed by atoms with Gasteiger partial charge < -0.3 is 9.97 Å². The van der Waals surface area contributed by atoms with E-state index in [-0.39, 0.29) is 11.0 Å². The van der Waals surface area contributed by atoms with E-state index in [1.807, 2.05) is 0 Å². The Morgan fingerprint density at radius 3 is 2.57 bits per heavy atom. The lowest BCUT2D eigenvalue weighted by Gasteiger charge is -1.99. The summed E-state index contributed by atoms with van der Waals surface area (Å²) in [6.45, 7) is 0. The molecule has 14 heavy (non-hydrogen) atoms. The molecule has 0 aliphatic heterocycles. The smallest absolute Gasteiger partial charge is 0.248 e. The van der Waals surface area contributed by atoms with Crippen LogP contribution in [0.1, 0.15) is 0 Å². The van der Waals surface area contributed by atoms with Crippen LogP contribution in [-0.2, 0) is 0 Å². The van der Waals surface area contributed by atoms with Crippen molar-refractivity contribution in [2.45, 2.75) is 0 Å². The van der Waals surface area contributed by atoms with Gasteiger partial charge in [-0.1, -0.05) is 6.07 Å². The number of pyridine rings is 2. The van der Waals surface area contributed by atoms with E-state index in [0.717, 1.165) is 0 Å². The van der Waals surface area contributed by atoms with Gasteiger partial charge in [-0.2, -0.15) is 0 Å². The first-order valence-electron chi connectivity index (χ1n) is 4.14. The molecule has 2 N–H and O–H groups in total. The van der Waals surface area contributed by atoms with Crippen molar-refractivity contribution in [3.63, 3.8) is 0 Å². The van der Waals surface area contributed by atoms with Gasteiger partial charge in [-0.05, 0) is 6.07 Å². The summed E-state index contributed by atoms with van der Waals surface area (Å²) >= 11 is 0. The van der Waals surface area contributed by atoms with Gasteiger partial charge in [0.05, 0.1) is 11.4 Å². The van der Waals surface area contributed by atoms with Crippen LogP contribution in [0.25, 0.3) is 11.4 Å². The van der Waals surface area contributed by atoms with Crippen LogP contribution in [0.4, 0.5) is 0 Å². The molecule has 0 saturated heterocycles. The van der Waals surface area contributed by atoms with Gasteiger partial charge in [-0.3, -0.25) is 9.59 Å². The molecule has 70 valence electrons. The van der Waals surface area contributed by atoms with E-state index in [0.29, 0.717) is 11.4 Å². The number of aromatic nitrogens is 2. The van der Waals surface area contributed by atoms with Crippen LogP contribution in [0.5, 0.6) is 0 Å². The molecule has 0 unspecified atom stereocenters. The molecule has 4 nitrogen and oxygen atoms in total. The SMILES string of the molecule is O=c1cc[nH]c(-c2cccc(=O)[nH]2)c1. The van der Waals surface area contributed by atoms with Gasteiger partial charge in [0.2, 0.25) is 5.56 Å². The number of rotatable bonds is 1. The molecule has 0 amide bonds. The van der Waals surface area contributed by atoms with Gasteiger partial charge in [-0.25, -0.2) is 0 Å². The van der Waals surface area contributed by atoms with Gasteiger partial charge in [0, 0.05) is 24.4 Å². The minimum Gasteiger partial charge on any atom is -0.360 e. The van der Waals surface area contributed by atoms with Crippen molar-refractivity contribution in [1.82, 2.24) is 9.97 Å². The van der Waals surface area contributed by atoms with E-state index in [1.54, 1.807) is 18.3 Å². The van der Waals surface area contributed by atoms with E-state index in [9.17, 15) is 9.59 Å². The third-order valence-corrected chi connectivity index (χ3v) is 1.83. The van der Waals surface area contributed by atoms with Crippen molar-refractivity contribution >= 4 is 0 Å². The first kappa shape index (κ1) is 8.50. The maximum Gasteiger partial charge on any atom is 0.248 e. The van der Waals surface area contributed by atoms with E-state index in [2.05, 4.69) is 9.97 Å². The number of nitrogens with one attached hydrogen (secondary N) is 2. The minimum atomic E-state index is -0.188. The van der Waals surface area contributed by atoms with Crippen molar-refractivity contribution < 1.29 is 0 Å². The first-order valence-corrected chi connectivity index (χ1v) is 4.14. The van der Waals surface area contributed by atoms with Crippen molar-refractivity contribution in [2.75, 3.05) is 0 Å². The Morgan fingerprint density at radius 2 is 1.86 bits per heavy atom. The topological polar surface area (TPSA) is 65.7 Å². The molecule has 2 heterocycles. The number of H-pyrrole nitrogens is 2. The van der Waals surface area contributed by atoms with Gasteiger partial charge in [0.1, 0.15) is 0 Å². The highest BCUT2D eigenvalue weighted by atomic mass is 16.1. The monoisotopic (exact) mass is 188 g/mol. The summed E-state index contributed by atoms with van der Waals surface area (Å²) in [6, 6.07) is 7.65. The Hall–Kier alpha value is -2.10. The van der Waals surface area contributed by atoms with E-state index in [1.165, 1.54) is 18.2 Å². The fourth-order valence-corrected chi connectivity index (χ4v) is 1.21. The zero-order valence-corrected chi connectivity index (χ0v) is 7.28. The fraction of sp³-hybridized carbons (Fsp3) is 0.